The molecule has 0 bridgehead atoms. The molecule has 0 aliphatic carbocycles. The molecule has 16 heavy (non-hydrogen) atoms. The van der Waals surface area contributed by atoms with Crippen LogP contribution in [0.1, 0.15) is 40.7 Å². The minimum Gasteiger partial charge on any atom is -1.00 e. The number of hydrogen-bond donors (Lipinski definition) is 1. The molecule has 1 aromatic rings. The third-order valence-electron chi connectivity index (χ3n) is 2.67. The van der Waals surface area contributed by atoms with E-state index in [-0.39, 0.29) is 40.6 Å². The first kappa shape index (κ1) is 15.7. The van der Waals surface area contributed by atoms with Gasteiger partial charge >= 0.3 is 43.7 Å². The van der Waals surface area contributed by atoms with Crippen LogP contribution in [0.3, 0.4) is 0 Å². The van der Waals surface area contributed by atoms with E-state index in [1.807, 2.05) is 44.2 Å². The van der Waals surface area contributed by atoms with Crippen molar-refractivity contribution in [3.63, 3.8) is 0 Å². The van der Waals surface area contributed by atoms with Crippen molar-refractivity contribution in [3.05, 3.63) is 41.5 Å². The summed E-state index contributed by atoms with van der Waals surface area (Å²) >= 11 is 0. The molecule has 1 aromatic carbocycles. The predicted octanol–water partition coefficient (Wildman–Crippen LogP) is 3.14. The molecule has 0 saturated carbocycles. The van der Waals surface area contributed by atoms with Crippen molar-refractivity contribution >= 4 is 49.3 Å². The van der Waals surface area contributed by atoms with Crippen LogP contribution in [0.5, 0.6) is 0 Å². The van der Waals surface area contributed by atoms with Gasteiger partial charge in [0.1, 0.15) is 0 Å². The maximum Gasteiger partial charge on any atom is 2.00 e. The summed E-state index contributed by atoms with van der Waals surface area (Å²) in [6.07, 6.45) is 2.04. The summed E-state index contributed by atoms with van der Waals surface area (Å²) in [6.45, 7) is 5.72. The van der Waals surface area contributed by atoms with E-state index >= 15 is 0 Å². The molecule has 1 N–H and O–H groups in total. The maximum absolute atomic E-state index is 10.8. The standard InChI is InChI=1S/C13H16O2.Ca.2H/c1-4-9(2)11-5-7-12(8-6-11)10(3)13(14)15;;;/h4-8,10H,1-3H3,(H,14,15);;;/q;+2;2*-1. The second-order valence-electron chi connectivity index (χ2n) is 3.65. The molecule has 84 valence electrons. The number of aliphatic carboxylic acids is 1. The van der Waals surface area contributed by atoms with Crippen molar-refractivity contribution in [1.29, 1.82) is 0 Å². The molecule has 0 aromatic heterocycles. The SMILES string of the molecule is CC=C(C)c1ccc(C(C)C(=O)O)cc1.[Ca+2].[H-].[H-]. The van der Waals surface area contributed by atoms with Gasteiger partial charge in [0.2, 0.25) is 0 Å². The third-order valence-corrected chi connectivity index (χ3v) is 2.67. The van der Waals surface area contributed by atoms with Crippen molar-refractivity contribution in [2.75, 3.05) is 0 Å². The van der Waals surface area contributed by atoms with Gasteiger partial charge in [-0.25, -0.2) is 0 Å². The Hall–Kier alpha value is -0.310. The van der Waals surface area contributed by atoms with Gasteiger partial charge in [0, 0.05) is 0 Å². The summed E-state index contributed by atoms with van der Waals surface area (Å²) in [7, 11) is 0. The number of allylic oxidation sites excluding steroid dienone is 2. The summed E-state index contributed by atoms with van der Waals surface area (Å²) in [6, 6.07) is 7.68. The fraction of sp³-hybridized carbons (Fsp3) is 0.308. The maximum atomic E-state index is 10.8. The molecule has 0 saturated heterocycles. The fourth-order valence-corrected chi connectivity index (χ4v) is 1.34. The minimum absolute atomic E-state index is 0. The number of carboxylic acid groups (broad SMARTS) is 1. The average Bonchev–Trinajstić information content (AvgIpc) is 2.27. The van der Waals surface area contributed by atoms with Gasteiger partial charge < -0.3 is 7.96 Å². The first-order chi connectivity index (χ1) is 7.06. The molecule has 3 heteroatoms. The quantitative estimate of drug-likeness (QED) is 0.832. The molecule has 1 rings (SSSR count). The molecule has 0 radical (unpaired) electrons. The van der Waals surface area contributed by atoms with E-state index in [9.17, 15) is 4.79 Å². The monoisotopic (exact) mass is 246 g/mol. The Balaban J connectivity index is -0.000000750. The van der Waals surface area contributed by atoms with E-state index < -0.39 is 11.9 Å². The summed E-state index contributed by atoms with van der Waals surface area (Å²) in [5.74, 6) is -1.23. The Bertz CT molecular complexity index is 388. The minimum atomic E-state index is -0.787. The van der Waals surface area contributed by atoms with Gasteiger partial charge in [-0.2, -0.15) is 0 Å². The zero-order valence-electron chi connectivity index (χ0n) is 12.0. The smallest absolute Gasteiger partial charge is 1.00 e. The van der Waals surface area contributed by atoms with Crippen LogP contribution in [0.15, 0.2) is 30.3 Å². The Morgan fingerprint density at radius 1 is 1.38 bits per heavy atom. The van der Waals surface area contributed by atoms with Gasteiger partial charge in [0.15, 0.2) is 0 Å². The second kappa shape index (κ2) is 7.10. The van der Waals surface area contributed by atoms with Crippen molar-refractivity contribution < 1.29 is 12.8 Å². The predicted molar refractivity (Wildman–Crippen MR) is 69.8 cm³/mol. The molecule has 2 nitrogen and oxygen atoms in total. The van der Waals surface area contributed by atoms with Gasteiger partial charge in [-0.05, 0) is 37.5 Å². The Morgan fingerprint density at radius 3 is 2.25 bits per heavy atom. The molecule has 1 atom stereocenters. The molecule has 0 fully saturated rings. The Labute approximate surface area is 129 Å². The van der Waals surface area contributed by atoms with Crippen LogP contribution in [0.4, 0.5) is 0 Å². The Kier molecular flexibility index (Phi) is 6.96. The normalized spacial score (nSPS) is 12.8. The molecule has 0 aliphatic rings. The van der Waals surface area contributed by atoms with E-state index in [2.05, 4.69) is 0 Å². The van der Waals surface area contributed by atoms with Gasteiger partial charge in [0.05, 0.1) is 5.92 Å². The fourth-order valence-electron chi connectivity index (χ4n) is 1.34. The van der Waals surface area contributed by atoms with Crippen LogP contribution in [0.25, 0.3) is 5.57 Å². The van der Waals surface area contributed by atoms with Gasteiger partial charge in [-0.15, -0.1) is 0 Å². The number of carboxylic acids is 1. The van der Waals surface area contributed by atoms with E-state index in [1.165, 1.54) is 5.57 Å². The van der Waals surface area contributed by atoms with Crippen LogP contribution in [0, 0.1) is 0 Å². The molecule has 0 aliphatic heterocycles. The molecular weight excluding hydrogens is 228 g/mol. The molecule has 0 heterocycles. The van der Waals surface area contributed by atoms with Crippen molar-refractivity contribution in [2.24, 2.45) is 0 Å². The van der Waals surface area contributed by atoms with Crippen molar-refractivity contribution in [1.82, 2.24) is 0 Å². The average molecular weight is 246 g/mol. The summed E-state index contributed by atoms with van der Waals surface area (Å²) in [5, 5.41) is 8.85. The van der Waals surface area contributed by atoms with Crippen molar-refractivity contribution in [2.45, 2.75) is 26.7 Å². The van der Waals surface area contributed by atoms with Crippen molar-refractivity contribution in [3.8, 4) is 0 Å². The first-order valence-electron chi connectivity index (χ1n) is 5.02. The summed E-state index contributed by atoms with van der Waals surface area (Å²) in [4.78, 5) is 10.8. The Morgan fingerprint density at radius 2 is 1.88 bits per heavy atom. The zero-order valence-corrected chi connectivity index (χ0v) is 12.2. The molecule has 0 spiro atoms. The molecule has 1 unspecified atom stereocenters. The second-order valence-corrected chi connectivity index (χ2v) is 3.65. The van der Waals surface area contributed by atoms with E-state index in [0.717, 1.165) is 11.1 Å². The van der Waals surface area contributed by atoms with E-state index in [4.69, 9.17) is 5.11 Å². The van der Waals surface area contributed by atoms with E-state index in [1.54, 1.807) is 6.92 Å². The largest absolute Gasteiger partial charge is 2.00 e. The molecular formula is C13H18CaO2. The van der Waals surface area contributed by atoms with Gasteiger partial charge in [0.25, 0.3) is 0 Å². The van der Waals surface area contributed by atoms with Gasteiger partial charge in [-0.1, -0.05) is 30.3 Å². The summed E-state index contributed by atoms with van der Waals surface area (Å²) in [5.41, 5.74) is 3.18. The van der Waals surface area contributed by atoms with Crippen LogP contribution >= 0.6 is 0 Å². The summed E-state index contributed by atoms with van der Waals surface area (Å²) < 4.78 is 0. The van der Waals surface area contributed by atoms with Gasteiger partial charge in [-0.3, -0.25) is 4.79 Å². The zero-order chi connectivity index (χ0) is 11.4. The molecule has 0 amide bonds. The number of benzene rings is 1. The first-order valence-corrected chi connectivity index (χ1v) is 5.02. The van der Waals surface area contributed by atoms with Crippen LogP contribution in [0.2, 0.25) is 0 Å². The third kappa shape index (κ3) is 3.93. The van der Waals surface area contributed by atoms with Crippen LogP contribution in [-0.2, 0) is 4.79 Å². The number of carbonyl (C=O) groups is 1. The topological polar surface area (TPSA) is 37.3 Å². The van der Waals surface area contributed by atoms with Crippen LogP contribution < -0.4 is 0 Å². The number of rotatable bonds is 3. The van der Waals surface area contributed by atoms with E-state index in [0.29, 0.717) is 0 Å². The van der Waals surface area contributed by atoms with Crippen LogP contribution in [-0.4, -0.2) is 48.8 Å². The number of hydrogen-bond acceptors (Lipinski definition) is 1.